The molecule has 2 aromatic carbocycles. The van der Waals surface area contributed by atoms with Gasteiger partial charge in [0, 0.05) is 11.1 Å². The van der Waals surface area contributed by atoms with Gasteiger partial charge in [0.1, 0.15) is 13.1 Å². The number of amides is 2. The van der Waals surface area contributed by atoms with Crippen molar-refractivity contribution in [3.05, 3.63) is 71.8 Å². The third-order valence-electron chi connectivity index (χ3n) is 7.35. The Morgan fingerprint density at radius 2 is 0.912 bits per heavy atom. The summed E-state index contributed by atoms with van der Waals surface area (Å²) in [6, 6.07) is 20.9. The number of carbonyl (C=O) groups excluding carboxylic acids is 2. The van der Waals surface area contributed by atoms with E-state index >= 15 is 0 Å². The minimum absolute atomic E-state index is 0.485. The molecule has 0 aliphatic carbocycles. The average molecular weight is 469 g/mol. The summed E-state index contributed by atoms with van der Waals surface area (Å²) in [4.78, 5) is 24.8. The number of carbonyl (C=O) groups is 2. The Morgan fingerprint density at radius 3 is 1.21 bits per heavy atom. The molecule has 0 unspecified atom stereocenters. The van der Waals surface area contributed by atoms with Crippen molar-refractivity contribution in [2.24, 2.45) is 0 Å². The molecule has 0 aliphatic rings. The van der Waals surface area contributed by atoms with Crippen molar-refractivity contribution < 1.29 is 18.6 Å². The monoisotopic (exact) mass is 468 g/mol. The van der Waals surface area contributed by atoms with E-state index in [1.165, 1.54) is 11.1 Å². The topological polar surface area (TPSA) is 58.2 Å². The molecular weight excluding hydrogens is 424 g/mol. The standard InChI is InChI=1S/C28H42N4O2/c1-5-31(6-2,23-25-15-11-9-12-16-25)21-19-29-27(33)28(34)30-20-22-32(7-3,8-4)24-26-17-13-10-14-18-26/h9-18H,5-8,19-24H2,1-4H3/p+2. The second kappa shape index (κ2) is 13.9. The van der Waals surface area contributed by atoms with Crippen LogP contribution in [0, 0.1) is 0 Å². The third kappa shape index (κ3) is 8.26. The first-order valence-electron chi connectivity index (χ1n) is 12.8. The Kier molecular flexibility index (Phi) is 11.2. The summed E-state index contributed by atoms with van der Waals surface area (Å²) in [7, 11) is 0. The fraction of sp³-hybridized carbons (Fsp3) is 0.500. The summed E-state index contributed by atoms with van der Waals surface area (Å²) in [6.07, 6.45) is 0. The van der Waals surface area contributed by atoms with Gasteiger partial charge in [-0.25, -0.2) is 0 Å². The molecule has 2 amide bonds. The van der Waals surface area contributed by atoms with Crippen LogP contribution in [-0.2, 0) is 22.7 Å². The van der Waals surface area contributed by atoms with Crippen molar-refractivity contribution >= 4 is 11.8 Å². The molecule has 0 saturated carbocycles. The lowest BCUT2D eigenvalue weighted by Crippen LogP contribution is -2.53. The summed E-state index contributed by atoms with van der Waals surface area (Å²) >= 11 is 0. The van der Waals surface area contributed by atoms with Gasteiger partial charge in [0.15, 0.2) is 0 Å². The molecule has 6 heteroatoms. The van der Waals surface area contributed by atoms with Crippen LogP contribution in [0.4, 0.5) is 0 Å². The highest BCUT2D eigenvalue weighted by atomic mass is 16.2. The molecule has 0 heterocycles. The van der Waals surface area contributed by atoms with E-state index < -0.39 is 11.8 Å². The summed E-state index contributed by atoms with van der Waals surface area (Å²) in [6.45, 7) is 17.0. The van der Waals surface area contributed by atoms with Gasteiger partial charge in [-0.2, -0.15) is 0 Å². The molecule has 0 atom stereocenters. The number of hydrogen-bond acceptors (Lipinski definition) is 2. The minimum Gasteiger partial charge on any atom is -0.342 e. The number of hydrogen-bond donors (Lipinski definition) is 2. The van der Waals surface area contributed by atoms with Crippen LogP contribution in [0.5, 0.6) is 0 Å². The van der Waals surface area contributed by atoms with E-state index in [1.807, 2.05) is 12.1 Å². The second-order valence-corrected chi connectivity index (χ2v) is 9.19. The van der Waals surface area contributed by atoms with E-state index in [0.29, 0.717) is 13.1 Å². The van der Waals surface area contributed by atoms with Gasteiger partial charge in [0.05, 0.1) is 52.4 Å². The van der Waals surface area contributed by atoms with Crippen molar-refractivity contribution in [3.8, 4) is 0 Å². The van der Waals surface area contributed by atoms with Gasteiger partial charge in [-0.1, -0.05) is 60.7 Å². The SMILES string of the molecule is CC[N+](CC)(CCNC(=O)C(=O)NCC[N+](CC)(CC)Cc1ccccc1)Cc1ccccc1. The lowest BCUT2D eigenvalue weighted by Gasteiger charge is -2.37. The van der Waals surface area contributed by atoms with E-state index in [0.717, 1.165) is 61.3 Å². The summed E-state index contributed by atoms with van der Waals surface area (Å²) in [5, 5.41) is 5.67. The molecule has 2 N–H and O–H groups in total. The number of nitrogens with zero attached hydrogens (tertiary/aromatic N) is 2. The van der Waals surface area contributed by atoms with Gasteiger partial charge in [0.25, 0.3) is 0 Å². The highest BCUT2D eigenvalue weighted by Crippen LogP contribution is 2.15. The molecule has 0 aromatic heterocycles. The maximum absolute atomic E-state index is 12.4. The van der Waals surface area contributed by atoms with Crippen molar-refractivity contribution in [1.82, 2.24) is 10.6 Å². The zero-order valence-electron chi connectivity index (χ0n) is 21.6. The number of quaternary nitrogens is 2. The van der Waals surface area contributed by atoms with Gasteiger partial charge in [-0.05, 0) is 27.7 Å². The zero-order valence-corrected chi connectivity index (χ0v) is 21.6. The van der Waals surface area contributed by atoms with E-state index in [9.17, 15) is 9.59 Å². The van der Waals surface area contributed by atoms with Crippen LogP contribution in [0.25, 0.3) is 0 Å². The van der Waals surface area contributed by atoms with E-state index in [4.69, 9.17) is 0 Å². The molecule has 0 aliphatic heterocycles. The smallest absolute Gasteiger partial charge is 0.309 e. The quantitative estimate of drug-likeness (QED) is 0.330. The van der Waals surface area contributed by atoms with Crippen LogP contribution in [0.1, 0.15) is 38.8 Å². The van der Waals surface area contributed by atoms with Gasteiger partial charge in [-0.3, -0.25) is 9.59 Å². The molecule has 0 fully saturated rings. The maximum atomic E-state index is 12.4. The molecule has 34 heavy (non-hydrogen) atoms. The van der Waals surface area contributed by atoms with Crippen molar-refractivity contribution in [2.75, 3.05) is 52.4 Å². The summed E-state index contributed by atoms with van der Waals surface area (Å²) in [5.41, 5.74) is 2.58. The first kappa shape index (κ1) is 27.5. The van der Waals surface area contributed by atoms with Crippen LogP contribution in [0.3, 0.4) is 0 Å². The lowest BCUT2D eigenvalue weighted by atomic mass is 10.1. The average Bonchev–Trinajstić information content (AvgIpc) is 2.88. The Labute approximate surface area is 206 Å². The molecule has 6 nitrogen and oxygen atoms in total. The molecule has 0 radical (unpaired) electrons. The molecule has 0 bridgehead atoms. The van der Waals surface area contributed by atoms with Gasteiger partial charge >= 0.3 is 11.8 Å². The van der Waals surface area contributed by atoms with Crippen molar-refractivity contribution in [1.29, 1.82) is 0 Å². The van der Waals surface area contributed by atoms with Crippen LogP contribution < -0.4 is 10.6 Å². The largest absolute Gasteiger partial charge is 0.342 e. The Balaban J connectivity index is 1.81. The summed E-state index contributed by atoms with van der Waals surface area (Å²) < 4.78 is 1.75. The molecular formula is C28H44N4O2+2. The number of nitrogens with one attached hydrogen (secondary N) is 2. The van der Waals surface area contributed by atoms with Crippen LogP contribution in [-0.4, -0.2) is 73.1 Å². The van der Waals surface area contributed by atoms with Crippen LogP contribution >= 0.6 is 0 Å². The van der Waals surface area contributed by atoms with Crippen molar-refractivity contribution in [3.63, 3.8) is 0 Å². The first-order chi connectivity index (χ1) is 16.4. The molecule has 2 rings (SSSR count). The third-order valence-corrected chi connectivity index (χ3v) is 7.35. The second-order valence-electron chi connectivity index (χ2n) is 9.19. The first-order valence-corrected chi connectivity index (χ1v) is 12.8. The zero-order chi connectivity index (χ0) is 24.9. The van der Waals surface area contributed by atoms with E-state index in [1.54, 1.807) is 0 Å². The van der Waals surface area contributed by atoms with Gasteiger partial charge < -0.3 is 19.6 Å². The Bertz CT molecular complexity index is 789. The predicted molar refractivity (Wildman–Crippen MR) is 139 cm³/mol. The molecule has 0 saturated heterocycles. The highest BCUT2D eigenvalue weighted by molar-refractivity contribution is 6.35. The lowest BCUT2D eigenvalue weighted by molar-refractivity contribution is -0.936. The number of likely N-dealkylation sites (N-methyl/N-ethyl adjacent to an activating group) is 2. The molecule has 0 spiro atoms. The van der Waals surface area contributed by atoms with Crippen LogP contribution in [0.15, 0.2) is 60.7 Å². The van der Waals surface area contributed by atoms with Crippen molar-refractivity contribution in [2.45, 2.75) is 40.8 Å². The normalized spacial score (nSPS) is 11.8. The molecule has 2 aromatic rings. The fourth-order valence-electron chi connectivity index (χ4n) is 4.60. The maximum Gasteiger partial charge on any atom is 0.309 e. The van der Waals surface area contributed by atoms with Crippen LogP contribution in [0.2, 0.25) is 0 Å². The summed E-state index contributed by atoms with van der Waals surface area (Å²) in [5.74, 6) is -1.08. The fourth-order valence-corrected chi connectivity index (χ4v) is 4.60. The predicted octanol–water partition coefficient (Wildman–Crippen LogP) is 3.33. The minimum atomic E-state index is -0.542. The van der Waals surface area contributed by atoms with Gasteiger partial charge in [0.2, 0.25) is 0 Å². The van der Waals surface area contributed by atoms with E-state index in [2.05, 4.69) is 86.9 Å². The Hall–Kier alpha value is -2.70. The number of benzene rings is 2. The molecule has 186 valence electrons. The Morgan fingerprint density at radius 1 is 0.588 bits per heavy atom. The number of rotatable bonds is 14. The highest BCUT2D eigenvalue weighted by Gasteiger charge is 2.26. The van der Waals surface area contributed by atoms with E-state index in [-0.39, 0.29) is 0 Å². The van der Waals surface area contributed by atoms with Gasteiger partial charge in [-0.15, -0.1) is 0 Å².